The zero-order chi connectivity index (χ0) is 55.7. The van der Waals surface area contributed by atoms with Gasteiger partial charge in [0.25, 0.3) is 0 Å². The maximum Gasteiger partial charge on any atom is 0.306 e. The molecule has 0 fully saturated rings. The standard InChI is InChI=1S/C71H134O6/c1-4-7-10-13-16-19-22-25-28-31-33-34-35-36-37-39-40-43-46-49-52-55-58-61-64-70(73)76-67-68(66-75-69(72)63-60-57-54-51-48-45-42-30-27-24-21-18-15-12-9-6-3)77-71(74)65-62-59-56-53-50-47-44-41-38-32-29-26-23-20-17-14-11-8-5-2/h17,20,26,29,68H,4-16,18-19,21-25,27-28,30-67H2,1-3H3/b20-17-,29-26-. The van der Waals surface area contributed by atoms with Gasteiger partial charge in [0.15, 0.2) is 6.10 Å². The minimum atomic E-state index is -0.770. The number of ether oxygens (including phenoxy) is 3. The Kier molecular flexibility index (Phi) is 64.6. The van der Waals surface area contributed by atoms with Crippen molar-refractivity contribution >= 4 is 17.9 Å². The molecule has 0 saturated carbocycles. The molecule has 0 aliphatic carbocycles. The number of carbonyl (C=O) groups excluding carboxylic acids is 3. The molecule has 0 spiro atoms. The summed E-state index contributed by atoms with van der Waals surface area (Å²) in [7, 11) is 0. The topological polar surface area (TPSA) is 78.9 Å². The molecule has 0 amide bonds. The summed E-state index contributed by atoms with van der Waals surface area (Å²) >= 11 is 0. The summed E-state index contributed by atoms with van der Waals surface area (Å²) in [6.07, 6.45) is 80.5. The van der Waals surface area contributed by atoms with Crippen LogP contribution >= 0.6 is 0 Å². The molecule has 0 aromatic rings. The van der Waals surface area contributed by atoms with E-state index in [4.69, 9.17) is 14.2 Å². The summed E-state index contributed by atoms with van der Waals surface area (Å²) in [6.45, 7) is 6.70. The fraction of sp³-hybridized carbons (Fsp3) is 0.901. The smallest absolute Gasteiger partial charge is 0.306 e. The highest BCUT2D eigenvalue weighted by Crippen LogP contribution is 2.19. The van der Waals surface area contributed by atoms with Gasteiger partial charge in [0.2, 0.25) is 0 Å². The Morgan fingerprint density at radius 3 is 0.740 bits per heavy atom. The van der Waals surface area contributed by atoms with Gasteiger partial charge >= 0.3 is 17.9 Å². The lowest BCUT2D eigenvalue weighted by Gasteiger charge is -2.18. The van der Waals surface area contributed by atoms with Gasteiger partial charge in [-0.05, 0) is 51.4 Å². The van der Waals surface area contributed by atoms with Crippen molar-refractivity contribution < 1.29 is 28.6 Å². The molecule has 0 aromatic carbocycles. The van der Waals surface area contributed by atoms with Crippen LogP contribution in [0.1, 0.15) is 393 Å². The van der Waals surface area contributed by atoms with Gasteiger partial charge in [0.1, 0.15) is 13.2 Å². The summed E-state index contributed by atoms with van der Waals surface area (Å²) < 4.78 is 17.0. The highest BCUT2D eigenvalue weighted by molar-refractivity contribution is 5.71. The molecule has 0 aliphatic heterocycles. The summed E-state index contributed by atoms with van der Waals surface area (Å²) in [5, 5.41) is 0. The largest absolute Gasteiger partial charge is 0.462 e. The van der Waals surface area contributed by atoms with Gasteiger partial charge < -0.3 is 14.2 Å². The molecule has 0 N–H and O–H groups in total. The summed E-state index contributed by atoms with van der Waals surface area (Å²) in [6, 6.07) is 0. The number of esters is 3. The molecule has 0 aliphatic rings. The quantitative estimate of drug-likeness (QED) is 0.0261. The van der Waals surface area contributed by atoms with Crippen LogP contribution in [0.3, 0.4) is 0 Å². The van der Waals surface area contributed by atoms with Crippen molar-refractivity contribution in [3.8, 4) is 0 Å². The van der Waals surface area contributed by atoms with Gasteiger partial charge in [-0.2, -0.15) is 0 Å². The Bertz CT molecular complexity index is 1240. The van der Waals surface area contributed by atoms with Crippen LogP contribution < -0.4 is 0 Å². The van der Waals surface area contributed by atoms with Crippen molar-refractivity contribution in [1.82, 2.24) is 0 Å². The average molecular weight is 1080 g/mol. The molecule has 6 heteroatoms. The van der Waals surface area contributed by atoms with E-state index in [9.17, 15) is 14.4 Å². The van der Waals surface area contributed by atoms with Crippen LogP contribution in [0.4, 0.5) is 0 Å². The third kappa shape index (κ3) is 64.6. The van der Waals surface area contributed by atoms with E-state index in [2.05, 4.69) is 45.1 Å². The van der Waals surface area contributed by atoms with E-state index in [0.717, 1.165) is 64.2 Å². The van der Waals surface area contributed by atoms with Crippen LogP contribution in [0.15, 0.2) is 24.3 Å². The molecule has 0 saturated heterocycles. The maximum absolute atomic E-state index is 12.9. The summed E-state index contributed by atoms with van der Waals surface area (Å²) in [5.74, 6) is -0.837. The molecule has 0 bridgehead atoms. The lowest BCUT2D eigenvalue weighted by molar-refractivity contribution is -0.167. The number of unbranched alkanes of at least 4 members (excludes halogenated alkanes) is 50. The zero-order valence-corrected chi connectivity index (χ0v) is 52.3. The van der Waals surface area contributed by atoms with Gasteiger partial charge in [-0.3, -0.25) is 14.4 Å². The molecule has 0 radical (unpaired) electrons. The SMILES string of the molecule is CCCCC/C=C\C/C=C\CCCCCCCCCCCC(=O)OC(COC(=O)CCCCCCCCCCCCCCCCCC)COC(=O)CCCCCCCCCCCCCCCCCCCCCCCCCC. The predicted molar refractivity (Wildman–Crippen MR) is 335 cm³/mol. The van der Waals surface area contributed by atoms with Crippen LogP contribution in [-0.2, 0) is 28.6 Å². The predicted octanol–water partition coefficient (Wildman–Crippen LogP) is 23.8. The van der Waals surface area contributed by atoms with Gasteiger partial charge in [-0.25, -0.2) is 0 Å². The molecule has 1 atom stereocenters. The van der Waals surface area contributed by atoms with Gasteiger partial charge in [-0.1, -0.05) is 347 Å². The normalized spacial score (nSPS) is 12.1. The number of allylic oxidation sites excluding steroid dienone is 4. The Hall–Kier alpha value is -2.11. The molecule has 0 heterocycles. The average Bonchev–Trinajstić information content (AvgIpc) is 3.43. The van der Waals surface area contributed by atoms with E-state index in [1.807, 2.05) is 0 Å². The molecular weight excluding hydrogens is 949 g/mol. The minimum Gasteiger partial charge on any atom is -0.462 e. The Labute approximate surface area is 481 Å². The fourth-order valence-electron chi connectivity index (χ4n) is 10.7. The monoisotopic (exact) mass is 1080 g/mol. The highest BCUT2D eigenvalue weighted by Gasteiger charge is 2.19. The maximum atomic E-state index is 12.9. The third-order valence-corrected chi connectivity index (χ3v) is 16.0. The number of carbonyl (C=O) groups is 3. The molecule has 0 aromatic heterocycles. The van der Waals surface area contributed by atoms with E-state index in [1.54, 1.807) is 0 Å². The summed E-state index contributed by atoms with van der Waals surface area (Å²) in [4.78, 5) is 38.4. The number of hydrogen-bond donors (Lipinski definition) is 0. The van der Waals surface area contributed by atoms with Crippen molar-refractivity contribution in [2.45, 2.75) is 399 Å². The van der Waals surface area contributed by atoms with Crippen LogP contribution in [-0.4, -0.2) is 37.2 Å². The first-order valence-electron chi connectivity index (χ1n) is 34.8. The van der Waals surface area contributed by atoms with Crippen molar-refractivity contribution in [1.29, 1.82) is 0 Å². The second-order valence-electron chi connectivity index (χ2n) is 23.8. The second-order valence-corrected chi connectivity index (χ2v) is 23.8. The van der Waals surface area contributed by atoms with E-state index in [-0.39, 0.29) is 31.1 Å². The molecule has 6 nitrogen and oxygen atoms in total. The minimum absolute atomic E-state index is 0.0663. The Balaban J connectivity index is 4.26. The van der Waals surface area contributed by atoms with Crippen molar-refractivity contribution in [3.05, 3.63) is 24.3 Å². The number of hydrogen-bond acceptors (Lipinski definition) is 6. The lowest BCUT2D eigenvalue weighted by Crippen LogP contribution is -2.30. The molecule has 1 unspecified atom stereocenters. The van der Waals surface area contributed by atoms with Crippen LogP contribution in [0.25, 0.3) is 0 Å². The van der Waals surface area contributed by atoms with Crippen LogP contribution in [0.5, 0.6) is 0 Å². The molecular formula is C71H134O6. The van der Waals surface area contributed by atoms with Crippen molar-refractivity contribution in [2.24, 2.45) is 0 Å². The fourth-order valence-corrected chi connectivity index (χ4v) is 10.7. The first-order chi connectivity index (χ1) is 38.0. The van der Waals surface area contributed by atoms with E-state index in [1.165, 1.54) is 289 Å². The van der Waals surface area contributed by atoms with Crippen LogP contribution in [0, 0.1) is 0 Å². The second kappa shape index (κ2) is 66.4. The number of rotatable bonds is 65. The van der Waals surface area contributed by atoms with Gasteiger partial charge in [-0.15, -0.1) is 0 Å². The van der Waals surface area contributed by atoms with Crippen molar-refractivity contribution in [2.75, 3.05) is 13.2 Å². The first kappa shape index (κ1) is 74.9. The van der Waals surface area contributed by atoms with E-state index >= 15 is 0 Å². The molecule has 0 rings (SSSR count). The zero-order valence-electron chi connectivity index (χ0n) is 52.3. The van der Waals surface area contributed by atoms with Crippen LogP contribution in [0.2, 0.25) is 0 Å². The first-order valence-corrected chi connectivity index (χ1v) is 34.8. The van der Waals surface area contributed by atoms with Gasteiger partial charge in [0.05, 0.1) is 0 Å². The Morgan fingerprint density at radius 2 is 0.468 bits per heavy atom. The van der Waals surface area contributed by atoms with E-state index in [0.29, 0.717) is 19.3 Å². The van der Waals surface area contributed by atoms with Crippen molar-refractivity contribution in [3.63, 3.8) is 0 Å². The lowest BCUT2D eigenvalue weighted by atomic mass is 10.0. The van der Waals surface area contributed by atoms with Gasteiger partial charge in [0, 0.05) is 19.3 Å². The van der Waals surface area contributed by atoms with E-state index < -0.39 is 6.10 Å². The molecule has 77 heavy (non-hydrogen) atoms. The highest BCUT2D eigenvalue weighted by atomic mass is 16.6. The summed E-state index contributed by atoms with van der Waals surface area (Å²) in [5.41, 5.74) is 0. The Morgan fingerprint density at radius 1 is 0.260 bits per heavy atom. The molecule has 454 valence electrons. The third-order valence-electron chi connectivity index (χ3n) is 16.0.